The second-order valence-corrected chi connectivity index (χ2v) is 4.92. The van der Waals surface area contributed by atoms with Crippen molar-refractivity contribution in [1.82, 2.24) is 9.97 Å². The van der Waals surface area contributed by atoms with E-state index in [1.165, 1.54) is 11.8 Å². The Balaban J connectivity index is 2.11. The first kappa shape index (κ1) is 11.4. The number of aromatic nitrogens is 2. The van der Waals surface area contributed by atoms with Gasteiger partial charge >= 0.3 is 0 Å². The van der Waals surface area contributed by atoms with Gasteiger partial charge in [-0.25, -0.2) is 9.97 Å². The van der Waals surface area contributed by atoms with Gasteiger partial charge in [-0.05, 0) is 52.0 Å². The van der Waals surface area contributed by atoms with E-state index in [-0.39, 0.29) is 0 Å². The third-order valence-corrected chi connectivity index (χ3v) is 3.18. The molecule has 0 atom stereocenters. The molecule has 0 saturated heterocycles. The zero-order chi connectivity index (χ0) is 11.4. The van der Waals surface area contributed by atoms with Crippen molar-refractivity contribution in [1.29, 1.82) is 0 Å². The van der Waals surface area contributed by atoms with Crippen LogP contribution < -0.4 is 4.74 Å². The zero-order valence-corrected chi connectivity index (χ0v) is 11.0. The van der Waals surface area contributed by atoms with Crippen LogP contribution in [0.15, 0.2) is 51.2 Å². The number of methoxy groups -OCH3 is 1. The lowest BCUT2D eigenvalue weighted by Crippen LogP contribution is -1.85. The summed E-state index contributed by atoms with van der Waals surface area (Å²) in [4.78, 5) is 9.47. The molecule has 2 rings (SSSR count). The highest BCUT2D eigenvalue weighted by Gasteiger charge is 2.00. The Bertz CT molecular complexity index is 458. The molecule has 0 N–H and O–H groups in total. The van der Waals surface area contributed by atoms with Crippen molar-refractivity contribution in [3.63, 3.8) is 0 Å². The van der Waals surface area contributed by atoms with Gasteiger partial charge in [-0.1, -0.05) is 0 Å². The number of benzene rings is 1. The van der Waals surface area contributed by atoms with Gasteiger partial charge in [0.25, 0.3) is 0 Å². The van der Waals surface area contributed by atoms with Crippen LogP contribution in [0.1, 0.15) is 0 Å². The highest BCUT2D eigenvalue weighted by molar-refractivity contribution is 9.10. The maximum absolute atomic E-state index is 5.09. The summed E-state index contributed by atoms with van der Waals surface area (Å²) in [5.41, 5.74) is 0. The Morgan fingerprint density at radius 1 is 1.12 bits per heavy atom. The average Bonchev–Trinajstić information content (AvgIpc) is 2.33. The Kier molecular flexibility index (Phi) is 3.79. The van der Waals surface area contributed by atoms with Gasteiger partial charge < -0.3 is 4.74 Å². The molecule has 0 radical (unpaired) electrons. The standard InChI is InChI=1S/C11H9BrN2OS/c1-15-9-2-4-10(5-3-9)16-11-13-6-8(12)7-14-11/h2-7H,1H3. The fraction of sp³-hybridized carbons (Fsp3) is 0.0909. The topological polar surface area (TPSA) is 35.0 Å². The van der Waals surface area contributed by atoms with Crippen LogP contribution in [0.2, 0.25) is 0 Å². The zero-order valence-electron chi connectivity index (χ0n) is 8.55. The van der Waals surface area contributed by atoms with Gasteiger partial charge in [0.1, 0.15) is 5.75 Å². The summed E-state index contributed by atoms with van der Waals surface area (Å²) in [7, 11) is 1.65. The molecule has 1 aromatic heterocycles. The van der Waals surface area contributed by atoms with E-state index in [1.807, 2.05) is 24.3 Å². The van der Waals surface area contributed by atoms with Gasteiger partial charge in [-0.2, -0.15) is 0 Å². The van der Waals surface area contributed by atoms with Gasteiger partial charge in [0, 0.05) is 17.3 Å². The fourth-order valence-corrected chi connectivity index (χ4v) is 2.00. The largest absolute Gasteiger partial charge is 0.497 e. The van der Waals surface area contributed by atoms with Crippen molar-refractivity contribution in [3.05, 3.63) is 41.1 Å². The van der Waals surface area contributed by atoms with Crippen molar-refractivity contribution < 1.29 is 4.74 Å². The van der Waals surface area contributed by atoms with Crippen LogP contribution in [0.5, 0.6) is 5.75 Å². The summed E-state index contributed by atoms with van der Waals surface area (Å²) in [6.07, 6.45) is 3.47. The molecule has 0 aliphatic heterocycles. The Morgan fingerprint density at radius 2 is 1.75 bits per heavy atom. The molecule has 0 fully saturated rings. The van der Waals surface area contributed by atoms with Crippen LogP contribution in [0, 0.1) is 0 Å². The predicted molar refractivity (Wildman–Crippen MR) is 66.8 cm³/mol. The minimum Gasteiger partial charge on any atom is -0.497 e. The quantitative estimate of drug-likeness (QED) is 0.813. The number of hydrogen-bond donors (Lipinski definition) is 0. The molecular weight excluding hydrogens is 288 g/mol. The summed E-state index contributed by atoms with van der Waals surface area (Å²) in [6, 6.07) is 7.80. The minimum atomic E-state index is 0.730. The van der Waals surface area contributed by atoms with E-state index in [2.05, 4.69) is 25.9 Å². The van der Waals surface area contributed by atoms with Crippen molar-refractivity contribution in [2.24, 2.45) is 0 Å². The van der Waals surface area contributed by atoms with E-state index in [9.17, 15) is 0 Å². The van der Waals surface area contributed by atoms with E-state index in [4.69, 9.17) is 4.74 Å². The molecule has 3 nitrogen and oxygen atoms in total. The SMILES string of the molecule is COc1ccc(Sc2ncc(Br)cn2)cc1. The molecule has 1 aromatic carbocycles. The molecule has 0 aliphatic carbocycles. The summed E-state index contributed by atoms with van der Waals surface area (Å²) in [5.74, 6) is 0.848. The minimum absolute atomic E-state index is 0.730. The number of hydrogen-bond acceptors (Lipinski definition) is 4. The fourth-order valence-electron chi connectivity index (χ4n) is 1.10. The third-order valence-electron chi connectivity index (χ3n) is 1.87. The first-order valence-electron chi connectivity index (χ1n) is 4.57. The maximum atomic E-state index is 5.09. The van der Waals surface area contributed by atoms with Gasteiger partial charge in [-0.15, -0.1) is 0 Å². The molecule has 0 bridgehead atoms. The maximum Gasteiger partial charge on any atom is 0.192 e. The monoisotopic (exact) mass is 296 g/mol. The highest BCUT2D eigenvalue weighted by atomic mass is 79.9. The molecule has 0 aliphatic rings. The molecule has 0 amide bonds. The third kappa shape index (κ3) is 2.96. The van der Waals surface area contributed by atoms with Crippen LogP contribution in [0.3, 0.4) is 0 Å². The van der Waals surface area contributed by atoms with Crippen LogP contribution >= 0.6 is 27.7 Å². The molecule has 1 heterocycles. The van der Waals surface area contributed by atoms with E-state index in [0.29, 0.717) is 0 Å². The van der Waals surface area contributed by atoms with E-state index in [0.717, 1.165) is 20.3 Å². The lowest BCUT2D eigenvalue weighted by molar-refractivity contribution is 0.414. The highest BCUT2D eigenvalue weighted by Crippen LogP contribution is 2.26. The van der Waals surface area contributed by atoms with Crippen LogP contribution in [-0.4, -0.2) is 17.1 Å². The first-order chi connectivity index (χ1) is 7.78. The van der Waals surface area contributed by atoms with Crippen molar-refractivity contribution >= 4 is 27.7 Å². The molecule has 0 unspecified atom stereocenters. The van der Waals surface area contributed by atoms with Crippen molar-refractivity contribution in [2.75, 3.05) is 7.11 Å². The molecule has 0 spiro atoms. The normalized spacial score (nSPS) is 10.1. The molecule has 0 saturated carbocycles. The predicted octanol–water partition coefficient (Wildman–Crippen LogP) is 3.40. The Hall–Kier alpha value is -1.07. The smallest absolute Gasteiger partial charge is 0.192 e. The second-order valence-electron chi connectivity index (χ2n) is 2.96. The average molecular weight is 297 g/mol. The number of halogens is 1. The van der Waals surface area contributed by atoms with Crippen LogP contribution in [0.4, 0.5) is 0 Å². The van der Waals surface area contributed by atoms with Gasteiger partial charge in [-0.3, -0.25) is 0 Å². The lowest BCUT2D eigenvalue weighted by Gasteiger charge is -2.02. The van der Waals surface area contributed by atoms with Crippen molar-refractivity contribution in [2.45, 2.75) is 10.1 Å². The van der Waals surface area contributed by atoms with Crippen LogP contribution in [0.25, 0.3) is 0 Å². The Morgan fingerprint density at radius 3 is 2.31 bits per heavy atom. The first-order valence-corrected chi connectivity index (χ1v) is 6.18. The summed E-state index contributed by atoms with van der Waals surface area (Å²) in [6.45, 7) is 0. The number of nitrogens with zero attached hydrogens (tertiary/aromatic N) is 2. The van der Waals surface area contributed by atoms with E-state index >= 15 is 0 Å². The number of ether oxygens (including phenoxy) is 1. The van der Waals surface area contributed by atoms with Gasteiger partial charge in [0.15, 0.2) is 5.16 Å². The lowest BCUT2D eigenvalue weighted by atomic mass is 10.3. The molecule has 82 valence electrons. The Labute approximate surface area is 106 Å². The van der Waals surface area contributed by atoms with Crippen molar-refractivity contribution in [3.8, 4) is 5.75 Å². The van der Waals surface area contributed by atoms with Gasteiger partial charge in [0.05, 0.1) is 11.6 Å². The van der Waals surface area contributed by atoms with E-state index in [1.54, 1.807) is 19.5 Å². The second kappa shape index (κ2) is 5.32. The number of rotatable bonds is 3. The summed E-state index contributed by atoms with van der Waals surface area (Å²) in [5, 5.41) is 0.730. The van der Waals surface area contributed by atoms with E-state index < -0.39 is 0 Å². The molecule has 2 aromatic rings. The summed E-state index contributed by atoms with van der Waals surface area (Å²) < 4.78 is 5.97. The van der Waals surface area contributed by atoms with Crippen LogP contribution in [-0.2, 0) is 0 Å². The molecular formula is C11H9BrN2OS. The molecule has 5 heteroatoms. The van der Waals surface area contributed by atoms with Gasteiger partial charge in [0.2, 0.25) is 0 Å². The summed E-state index contributed by atoms with van der Waals surface area (Å²) >= 11 is 4.82. The molecule has 16 heavy (non-hydrogen) atoms.